The van der Waals surface area contributed by atoms with Crippen molar-refractivity contribution in [3.63, 3.8) is 0 Å². The molecule has 0 aliphatic carbocycles. The Morgan fingerprint density at radius 3 is 2.67 bits per heavy atom. The second kappa shape index (κ2) is 5.72. The molecule has 8 heteroatoms. The van der Waals surface area contributed by atoms with Crippen LogP contribution in [-0.4, -0.2) is 16.8 Å². The van der Waals surface area contributed by atoms with E-state index in [0.717, 1.165) is 10.6 Å². The monoisotopic (exact) mass is 343 g/mol. The summed E-state index contributed by atoms with van der Waals surface area (Å²) in [5.41, 5.74) is 5.62. The molecule has 2 aromatic rings. The van der Waals surface area contributed by atoms with Gasteiger partial charge in [0.2, 0.25) is 6.79 Å². The lowest BCUT2D eigenvalue weighted by molar-refractivity contribution is -0.385. The zero-order valence-electron chi connectivity index (χ0n) is 12.7. The van der Waals surface area contributed by atoms with Crippen LogP contribution >= 0.6 is 11.8 Å². The van der Waals surface area contributed by atoms with E-state index in [4.69, 9.17) is 9.47 Å². The number of benzene rings is 2. The molecule has 1 N–H and O–H groups in total. The van der Waals surface area contributed by atoms with E-state index in [9.17, 15) is 10.1 Å². The SMILES string of the molecule is Cc1ccc(C2=NNC(c3cc4c(cc3[N+](=O)[O-])OCO4)S2)cc1. The number of rotatable bonds is 3. The largest absolute Gasteiger partial charge is 0.454 e. The molecular weight excluding hydrogens is 330 g/mol. The van der Waals surface area contributed by atoms with Gasteiger partial charge >= 0.3 is 0 Å². The maximum absolute atomic E-state index is 11.4. The molecule has 2 aromatic carbocycles. The van der Waals surface area contributed by atoms with Crippen molar-refractivity contribution in [1.29, 1.82) is 0 Å². The summed E-state index contributed by atoms with van der Waals surface area (Å²) in [5, 5.41) is 16.2. The first-order chi connectivity index (χ1) is 11.6. The van der Waals surface area contributed by atoms with E-state index in [-0.39, 0.29) is 17.9 Å². The molecule has 2 aliphatic rings. The number of hydrazone groups is 1. The highest BCUT2D eigenvalue weighted by Gasteiger charge is 2.32. The van der Waals surface area contributed by atoms with Crippen molar-refractivity contribution in [3.8, 4) is 11.5 Å². The standard InChI is InChI=1S/C16H13N3O4S/c1-9-2-4-10(5-3-9)15-17-18-16(24-15)11-6-13-14(23-8-22-13)7-12(11)19(20)21/h2-7,16,18H,8H2,1H3. The molecule has 0 fully saturated rings. The van der Waals surface area contributed by atoms with Gasteiger partial charge in [-0.3, -0.25) is 15.5 Å². The number of nitro groups is 1. The molecule has 0 bridgehead atoms. The second-order valence-corrected chi connectivity index (χ2v) is 6.53. The number of nitrogens with one attached hydrogen (secondary N) is 1. The Morgan fingerprint density at radius 2 is 1.96 bits per heavy atom. The van der Waals surface area contributed by atoms with E-state index in [1.807, 2.05) is 31.2 Å². The molecule has 0 aromatic heterocycles. The number of nitro benzene ring substituents is 1. The molecule has 0 radical (unpaired) electrons. The Bertz CT molecular complexity index is 851. The van der Waals surface area contributed by atoms with E-state index in [2.05, 4.69) is 10.5 Å². The number of aryl methyl sites for hydroxylation is 1. The van der Waals surface area contributed by atoms with E-state index < -0.39 is 4.92 Å². The maximum Gasteiger partial charge on any atom is 0.279 e. The predicted molar refractivity (Wildman–Crippen MR) is 90.4 cm³/mol. The van der Waals surface area contributed by atoms with E-state index in [1.165, 1.54) is 23.4 Å². The minimum Gasteiger partial charge on any atom is -0.454 e. The van der Waals surface area contributed by atoms with Crippen LogP contribution in [0, 0.1) is 17.0 Å². The Labute approximate surface area is 141 Å². The van der Waals surface area contributed by atoms with Crippen LogP contribution in [0.5, 0.6) is 11.5 Å². The van der Waals surface area contributed by atoms with Crippen LogP contribution in [0.4, 0.5) is 5.69 Å². The smallest absolute Gasteiger partial charge is 0.279 e. The fourth-order valence-electron chi connectivity index (χ4n) is 2.56. The quantitative estimate of drug-likeness (QED) is 0.679. The average molecular weight is 343 g/mol. The van der Waals surface area contributed by atoms with E-state index >= 15 is 0 Å². The van der Waals surface area contributed by atoms with Crippen LogP contribution in [0.15, 0.2) is 41.5 Å². The Kier molecular flexibility index (Phi) is 3.53. The lowest BCUT2D eigenvalue weighted by atomic mass is 10.1. The van der Waals surface area contributed by atoms with Gasteiger partial charge in [0, 0.05) is 5.56 Å². The number of hydrogen-bond donors (Lipinski definition) is 1. The second-order valence-electron chi connectivity index (χ2n) is 5.43. The van der Waals surface area contributed by atoms with Gasteiger partial charge in [-0.1, -0.05) is 41.6 Å². The van der Waals surface area contributed by atoms with Gasteiger partial charge in [0.25, 0.3) is 5.69 Å². The summed E-state index contributed by atoms with van der Waals surface area (Å²) in [6.45, 7) is 2.09. The third-order valence-electron chi connectivity index (χ3n) is 3.81. The Hall–Kier alpha value is -2.74. The van der Waals surface area contributed by atoms with Crippen molar-refractivity contribution in [1.82, 2.24) is 5.43 Å². The number of fused-ring (bicyclic) bond motifs is 1. The summed E-state index contributed by atoms with van der Waals surface area (Å²) in [6, 6.07) is 11.0. The third kappa shape index (κ3) is 2.54. The zero-order valence-corrected chi connectivity index (χ0v) is 13.5. The van der Waals surface area contributed by atoms with E-state index in [0.29, 0.717) is 17.1 Å². The van der Waals surface area contributed by atoms with Gasteiger partial charge in [0.15, 0.2) is 11.5 Å². The molecule has 2 aliphatic heterocycles. The fraction of sp³-hybridized carbons (Fsp3) is 0.188. The first-order valence-corrected chi connectivity index (χ1v) is 8.14. The molecule has 122 valence electrons. The molecule has 0 spiro atoms. The van der Waals surface area contributed by atoms with Gasteiger partial charge in [0.1, 0.15) is 10.4 Å². The molecule has 24 heavy (non-hydrogen) atoms. The highest BCUT2D eigenvalue weighted by atomic mass is 32.2. The normalized spacial score (nSPS) is 18.2. The van der Waals surface area contributed by atoms with E-state index in [1.54, 1.807) is 6.07 Å². The minimum atomic E-state index is -0.413. The van der Waals surface area contributed by atoms with Gasteiger partial charge < -0.3 is 9.47 Å². The van der Waals surface area contributed by atoms with Gasteiger partial charge in [-0.25, -0.2) is 0 Å². The summed E-state index contributed by atoms with van der Waals surface area (Å²) in [6.07, 6.45) is 0. The number of hydrogen-bond acceptors (Lipinski definition) is 7. The molecule has 1 unspecified atom stereocenters. The summed E-state index contributed by atoms with van der Waals surface area (Å²) in [5.74, 6) is 0.912. The van der Waals surface area contributed by atoms with Crippen molar-refractivity contribution in [3.05, 3.63) is 63.2 Å². The lowest BCUT2D eigenvalue weighted by Crippen LogP contribution is -2.09. The van der Waals surface area contributed by atoms with Gasteiger partial charge in [-0.2, -0.15) is 5.10 Å². The molecule has 1 atom stereocenters. The Morgan fingerprint density at radius 1 is 1.25 bits per heavy atom. The molecule has 2 heterocycles. The molecule has 0 amide bonds. The molecule has 0 saturated heterocycles. The van der Waals surface area contributed by atoms with Crippen molar-refractivity contribution in [2.24, 2.45) is 5.10 Å². The van der Waals surface area contributed by atoms with Gasteiger partial charge in [-0.15, -0.1) is 0 Å². The van der Waals surface area contributed by atoms with Crippen LogP contribution in [0.1, 0.15) is 22.1 Å². The number of thioether (sulfide) groups is 1. The van der Waals surface area contributed by atoms with Crippen LogP contribution < -0.4 is 14.9 Å². The number of ether oxygens (including phenoxy) is 2. The summed E-state index contributed by atoms with van der Waals surface area (Å²) < 4.78 is 10.6. The van der Waals surface area contributed by atoms with Crippen molar-refractivity contribution >= 4 is 22.5 Å². The number of nitrogens with zero attached hydrogens (tertiary/aromatic N) is 2. The summed E-state index contributed by atoms with van der Waals surface area (Å²) >= 11 is 1.44. The minimum absolute atomic E-state index is 0.00962. The maximum atomic E-state index is 11.4. The van der Waals surface area contributed by atoms with Gasteiger partial charge in [0.05, 0.1) is 16.6 Å². The van der Waals surface area contributed by atoms with Crippen molar-refractivity contribution in [2.45, 2.75) is 12.3 Å². The molecule has 7 nitrogen and oxygen atoms in total. The predicted octanol–water partition coefficient (Wildman–Crippen LogP) is 3.33. The first kappa shape index (κ1) is 14.8. The highest BCUT2D eigenvalue weighted by molar-refractivity contribution is 8.14. The van der Waals surface area contributed by atoms with Crippen molar-refractivity contribution in [2.75, 3.05) is 6.79 Å². The highest BCUT2D eigenvalue weighted by Crippen LogP contribution is 2.44. The van der Waals surface area contributed by atoms with Crippen LogP contribution in [0.25, 0.3) is 0 Å². The van der Waals surface area contributed by atoms with Crippen LogP contribution in [0.2, 0.25) is 0 Å². The summed E-state index contributed by atoms with van der Waals surface area (Å²) in [4.78, 5) is 11.0. The lowest BCUT2D eigenvalue weighted by Gasteiger charge is -2.11. The molecule has 4 rings (SSSR count). The first-order valence-electron chi connectivity index (χ1n) is 7.26. The van der Waals surface area contributed by atoms with Crippen molar-refractivity contribution < 1.29 is 14.4 Å². The zero-order chi connectivity index (χ0) is 16.7. The van der Waals surface area contributed by atoms with Gasteiger partial charge in [-0.05, 0) is 13.0 Å². The fourth-order valence-corrected chi connectivity index (χ4v) is 3.58. The third-order valence-corrected chi connectivity index (χ3v) is 4.96. The topological polar surface area (TPSA) is 86.0 Å². The van der Waals surface area contributed by atoms with Crippen LogP contribution in [-0.2, 0) is 0 Å². The van der Waals surface area contributed by atoms with Crippen LogP contribution in [0.3, 0.4) is 0 Å². The molecular formula is C16H13N3O4S. The molecule has 0 saturated carbocycles. The summed E-state index contributed by atoms with van der Waals surface area (Å²) in [7, 11) is 0. The Balaban J connectivity index is 1.64. The average Bonchev–Trinajstić information content (AvgIpc) is 3.23.